The Balaban J connectivity index is 2.28. The first-order valence-electron chi connectivity index (χ1n) is 5.66. The summed E-state index contributed by atoms with van der Waals surface area (Å²) in [6.07, 6.45) is 1.88. The van der Waals surface area contributed by atoms with Crippen LogP contribution in [0.25, 0.3) is 0 Å². The van der Waals surface area contributed by atoms with Gasteiger partial charge in [0.05, 0.1) is 16.1 Å². The molecule has 0 saturated heterocycles. The lowest BCUT2D eigenvalue weighted by Crippen LogP contribution is -2.39. The van der Waals surface area contributed by atoms with E-state index in [-0.39, 0.29) is 11.9 Å². The number of likely N-dealkylation sites (N-methyl/N-ethyl adjacent to an activating group) is 1. The van der Waals surface area contributed by atoms with Crippen molar-refractivity contribution in [2.24, 2.45) is 0 Å². The highest BCUT2D eigenvalue weighted by Gasteiger charge is 2.30. The van der Waals surface area contributed by atoms with Gasteiger partial charge >= 0.3 is 0 Å². The average molecular weight is 239 g/mol. The maximum atomic E-state index is 12.3. The van der Waals surface area contributed by atoms with E-state index < -0.39 is 0 Å². The standard InChI is InChI=1S/C11H17N3OS/c1-3-5-14-6-4-8-10(16-7-13-8)9(12-2)11(14)15/h7,9,12H,3-6H2,1-2H3. The van der Waals surface area contributed by atoms with E-state index in [9.17, 15) is 4.79 Å². The van der Waals surface area contributed by atoms with E-state index in [0.717, 1.165) is 36.5 Å². The summed E-state index contributed by atoms with van der Waals surface area (Å²) in [6.45, 7) is 3.73. The van der Waals surface area contributed by atoms with Gasteiger partial charge in [0.25, 0.3) is 0 Å². The van der Waals surface area contributed by atoms with Gasteiger partial charge < -0.3 is 10.2 Å². The van der Waals surface area contributed by atoms with Gasteiger partial charge in [-0.2, -0.15) is 0 Å². The van der Waals surface area contributed by atoms with Gasteiger partial charge in [-0.3, -0.25) is 4.79 Å². The van der Waals surface area contributed by atoms with Crippen molar-refractivity contribution < 1.29 is 4.79 Å². The Morgan fingerprint density at radius 3 is 3.19 bits per heavy atom. The average Bonchev–Trinajstić information content (AvgIpc) is 2.69. The van der Waals surface area contributed by atoms with Crippen molar-refractivity contribution in [2.45, 2.75) is 25.8 Å². The SMILES string of the molecule is CCCN1CCc2ncsc2C(NC)C1=O. The number of amides is 1. The summed E-state index contributed by atoms with van der Waals surface area (Å²) in [5.41, 5.74) is 2.91. The van der Waals surface area contributed by atoms with Crippen LogP contribution in [0.1, 0.15) is 30.0 Å². The summed E-state index contributed by atoms with van der Waals surface area (Å²) in [4.78, 5) is 19.6. The fourth-order valence-corrected chi connectivity index (χ4v) is 3.03. The van der Waals surface area contributed by atoms with Crippen LogP contribution in [0, 0.1) is 0 Å². The maximum Gasteiger partial charge on any atom is 0.245 e. The molecule has 2 rings (SSSR count). The van der Waals surface area contributed by atoms with E-state index in [2.05, 4.69) is 17.2 Å². The second-order valence-electron chi connectivity index (χ2n) is 3.96. The number of hydrogen-bond acceptors (Lipinski definition) is 4. The van der Waals surface area contributed by atoms with Crippen molar-refractivity contribution in [1.29, 1.82) is 0 Å². The van der Waals surface area contributed by atoms with Crippen molar-refractivity contribution in [3.8, 4) is 0 Å². The molecule has 1 N–H and O–H groups in total. The highest BCUT2D eigenvalue weighted by Crippen LogP contribution is 2.27. The summed E-state index contributed by atoms with van der Waals surface area (Å²) < 4.78 is 0. The zero-order valence-electron chi connectivity index (χ0n) is 9.69. The number of nitrogens with zero attached hydrogens (tertiary/aromatic N) is 2. The largest absolute Gasteiger partial charge is 0.341 e. The van der Waals surface area contributed by atoms with Gasteiger partial charge in [-0.25, -0.2) is 4.98 Å². The van der Waals surface area contributed by atoms with Crippen LogP contribution in [-0.4, -0.2) is 35.9 Å². The molecule has 0 bridgehead atoms. The summed E-state index contributed by atoms with van der Waals surface area (Å²) in [7, 11) is 1.83. The van der Waals surface area contributed by atoms with Gasteiger partial charge in [-0.1, -0.05) is 6.92 Å². The number of fused-ring (bicyclic) bond motifs is 1. The quantitative estimate of drug-likeness (QED) is 0.862. The summed E-state index contributed by atoms with van der Waals surface area (Å²) in [6, 6.07) is -0.198. The third-order valence-corrected chi connectivity index (χ3v) is 3.83. The highest BCUT2D eigenvalue weighted by atomic mass is 32.1. The molecule has 1 atom stereocenters. The third kappa shape index (κ3) is 1.97. The lowest BCUT2D eigenvalue weighted by Gasteiger charge is -2.23. The van der Waals surface area contributed by atoms with Crippen molar-refractivity contribution >= 4 is 17.2 Å². The molecule has 88 valence electrons. The van der Waals surface area contributed by atoms with Gasteiger partial charge in [-0.15, -0.1) is 11.3 Å². The molecule has 2 heterocycles. The Labute approximate surface area is 99.7 Å². The predicted molar refractivity (Wildman–Crippen MR) is 64.5 cm³/mol. The molecule has 0 saturated carbocycles. The Kier molecular flexibility index (Phi) is 3.56. The molecular formula is C11H17N3OS. The molecule has 1 amide bonds. The third-order valence-electron chi connectivity index (χ3n) is 2.89. The first-order valence-corrected chi connectivity index (χ1v) is 6.54. The van der Waals surface area contributed by atoms with E-state index in [1.54, 1.807) is 11.3 Å². The van der Waals surface area contributed by atoms with Crippen molar-refractivity contribution in [2.75, 3.05) is 20.1 Å². The molecule has 1 aromatic rings. The van der Waals surface area contributed by atoms with Crippen LogP contribution in [0.3, 0.4) is 0 Å². The smallest absolute Gasteiger partial charge is 0.245 e. The zero-order valence-corrected chi connectivity index (χ0v) is 10.5. The molecule has 1 aliphatic heterocycles. The van der Waals surface area contributed by atoms with Crippen molar-refractivity contribution in [3.05, 3.63) is 16.1 Å². The van der Waals surface area contributed by atoms with Crippen LogP contribution in [0.4, 0.5) is 0 Å². The monoisotopic (exact) mass is 239 g/mol. The molecule has 1 unspecified atom stereocenters. The molecule has 1 aliphatic rings. The summed E-state index contributed by atoms with van der Waals surface area (Å²) in [5, 5.41) is 3.10. The van der Waals surface area contributed by atoms with Crippen LogP contribution in [-0.2, 0) is 11.2 Å². The van der Waals surface area contributed by atoms with Crippen molar-refractivity contribution in [1.82, 2.24) is 15.2 Å². The van der Waals surface area contributed by atoms with Crippen LogP contribution in [0.15, 0.2) is 5.51 Å². The second kappa shape index (κ2) is 4.93. The molecule has 0 aromatic carbocycles. The predicted octanol–water partition coefficient (Wildman–Crippen LogP) is 1.20. The topological polar surface area (TPSA) is 45.2 Å². The first kappa shape index (κ1) is 11.5. The van der Waals surface area contributed by atoms with E-state index in [1.807, 2.05) is 17.5 Å². The number of rotatable bonds is 3. The minimum absolute atomic E-state index is 0.187. The number of carbonyl (C=O) groups is 1. The fraction of sp³-hybridized carbons (Fsp3) is 0.636. The lowest BCUT2D eigenvalue weighted by atomic mass is 10.2. The van der Waals surface area contributed by atoms with Gasteiger partial charge in [0.15, 0.2) is 0 Å². The molecule has 16 heavy (non-hydrogen) atoms. The Morgan fingerprint density at radius 1 is 1.69 bits per heavy atom. The lowest BCUT2D eigenvalue weighted by molar-refractivity contribution is -0.133. The Hall–Kier alpha value is -0.940. The van der Waals surface area contributed by atoms with Gasteiger partial charge in [0.2, 0.25) is 5.91 Å². The van der Waals surface area contributed by atoms with Crippen LogP contribution in [0.5, 0.6) is 0 Å². The zero-order chi connectivity index (χ0) is 11.5. The molecule has 0 spiro atoms. The molecular weight excluding hydrogens is 222 g/mol. The van der Waals surface area contributed by atoms with Crippen LogP contribution < -0.4 is 5.32 Å². The fourth-order valence-electron chi connectivity index (χ4n) is 2.09. The van der Waals surface area contributed by atoms with Crippen molar-refractivity contribution in [3.63, 3.8) is 0 Å². The molecule has 5 heteroatoms. The minimum atomic E-state index is -0.198. The molecule has 1 aromatic heterocycles. The number of aromatic nitrogens is 1. The molecule has 0 aliphatic carbocycles. The van der Waals surface area contributed by atoms with Gasteiger partial charge in [0.1, 0.15) is 6.04 Å². The number of thiazole rings is 1. The second-order valence-corrected chi connectivity index (χ2v) is 4.85. The number of hydrogen-bond donors (Lipinski definition) is 1. The molecule has 0 radical (unpaired) electrons. The normalized spacial score (nSPS) is 20.8. The van der Waals surface area contributed by atoms with Crippen LogP contribution in [0.2, 0.25) is 0 Å². The Morgan fingerprint density at radius 2 is 2.50 bits per heavy atom. The van der Waals surface area contributed by atoms with Gasteiger partial charge in [0, 0.05) is 19.5 Å². The maximum absolute atomic E-state index is 12.3. The number of carbonyl (C=O) groups excluding carboxylic acids is 1. The molecule has 4 nitrogen and oxygen atoms in total. The van der Waals surface area contributed by atoms with E-state index in [4.69, 9.17) is 0 Å². The van der Waals surface area contributed by atoms with E-state index in [1.165, 1.54) is 0 Å². The summed E-state index contributed by atoms with van der Waals surface area (Å²) >= 11 is 1.57. The summed E-state index contributed by atoms with van der Waals surface area (Å²) in [5.74, 6) is 0.187. The number of nitrogens with one attached hydrogen (secondary N) is 1. The van der Waals surface area contributed by atoms with E-state index >= 15 is 0 Å². The molecule has 0 fully saturated rings. The van der Waals surface area contributed by atoms with Crippen LogP contribution >= 0.6 is 11.3 Å². The first-order chi connectivity index (χ1) is 7.77. The van der Waals surface area contributed by atoms with Gasteiger partial charge in [-0.05, 0) is 13.5 Å². The van der Waals surface area contributed by atoms with E-state index in [0.29, 0.717) is 0 Å². The highest BCUT2D eigenvalue weighted by molar-refractivity contribution is 7.10. The minimum Gasteiger partial charge on any atom is -0.341 e. The Bertz CT molecular complexity index is 377.